The monoisotopic (exact) mass is 408 g/mol. The third-order valence-corrected chi connectivity index (χ3v) is 5.18. The summed E-state index contributed by atoms with van der Waals surface area (Å²) < 4.78 is 5.91. The number of para-hydroxylation sites is 1. The molecule has 4 rings (SSSR count). The Morgan fingerprint density at radius 3 is 2.48 bits per heavy atom. The van der Waals surface area contributed by atoms with E-state index in [0.29, 0.717) is 5.75 Å². The standard InChI is InChI=1S/C27H24N2O2/c1-19-12-14-23(16-20(19)2)28-17-25-24-11-7-6-8-21(24)13-15-26(25)31-18-27(30)29-22-9-4-3-5-10-22/h3-17H,18H2,1-2H3,(H,29,30). The first-order valence-electron chi connectivity index (χ1n) is 10.2. The summed E-state index contributed by atoms with van der Waals surface area (Å²) in [6, 6.07) is 27.4. The Labute approximate surface area is 182 Å². The van der Waals surface area contributed by atoms with Gasteiger partial charge in [0, 0.05) is 17.5 Å². The van der Waals surface area contributed by atoms with Gasteiger partial charge in [0.05, 0.1) is 5.69 Å². The lowest BCUT2D eigenvalue weighted by Crippen LogP contribution is -2.20. The van der Waals surface area contributed by atoms with Crippen LogP contribution >= 0.6 is 0 Å². The summed E-state index contributed by atoms with van der Waals surface area (Å²) in [5, 5.41) is 4.95. The topological polar surface area (TPSA) is 50.7 Å². The molecule has 0 atom stereocenters. The van der Waals surface area contributed by atoms with Crippen LogP contribution in [0, 0.1) is 13.8 Å². The van der Waals surface area contributed by atoms with E-state index in [1.165, 1.54) is 11.1 Å². The number of aryl methyl sites for hydroxylation is 2. The van der Waals surface area contributed by atoms with Crippen molar-refractivity contribution in [1.82, 2.24) is 0 Å². The second kappa shape index (κ2) is 9.26. The maximum atomic E-state index is 12.3. The van der Waals surface area contributed by atoms with E-state index in [9.17, 15) is 4.79 Å². The van der Waals surface area contributed by atoms with Crippen molar-refractivity contribution in [2.75, 3.05) is 11.9 Å². The van der Waals surface area contributed by atoms with Gasteiger partial charge in [-0.2, -0.15) is 0 Å². The summed E-state index contributed by atoms with van der Waals surface area (Å²) in [5.74, 6) is 0.408. The molecule has 0 aliphatic carbocycles. The number of benzene rings is 4. The number of nitrogens with zero attached hydrogens (tertiary/aromatic N) is 1. The highest BCUT2D eigenvalue weighted by Gasteiger charge is 2.10. The van der Waals surface area contributed by atoms with Crippen LogP contribution in [0.4, 0.5) is 11.4 Å². The molecule has 154 valence electrons. The van der Waals surface area contributed by atoms with Crippen molar-refractivity contribution in [1.29, 1.82) is 0 Å². The second-order valence-corrected chi connectivity index (χ2v) is 7.43. The minimum Gasteiger partial charge on any atom is -0.483 e. The predicted molar refractivity (Wildman–Crippen MR) is 128 cm³/mol. The Bertz CT molecular complexity index is 1250. The number of rotatable bonds is 6. The molecule has 0 heterocycles. The van der Waals surface area contributed by atoms with Gasteiger partial charge in [-0.15, -0.1) is 0 Å². The van der Waals surface area contributed by atoms with Crippen LogP contribution in [0.1, 0.15) is 16.7 Å². The average Bonchev–Trinajstić information content (AvgIpc) is 2.79. The van der Waals surface area contributed by atoms with Crippen molar-refractivity contribution < 1.29 is 9.53 Å². The van der Waals surface area contributed by atoms with Crippen molar-refractivity contribution in [3.63, 3.8) is 0 Å². The maximum absolute atomic E-state index is 12.3. The zero-order chi connectivity index (χ0) is 21.6. The molecule has 4 aromatic carbocycles. The first-order chi connectivity index (χ1) is 15.1. The van der Waals surface area contributed by atoms with Crippen LogP contribution in [0.3, 0.4) is 0 Å². The summed E-state index contributed by atoms with van der Waals surface area (Å²) in [7, 11) is 0. The molecule has 0 radical (unpaired) electrons. The molecule has 0 spiro atoms. The molecule has 1 N–H and O–H groups in total. The Kier molecular flexibility index (Phi) is 6.08. The van der Waals surface area contributed by atoms with E-state index in [1.54, 1.807) is 0 Å². The first-order valence-corrected chi connectivity index (χ1v) is 10.2. The zero-order valence-corrected chi connectivity index (χ0v) is 17.6. The number of ether oxygens (including phenoxy) is 1. The van der Waals surface area contributed by atoms with E-state index in [2.05, 4.69) is 42.4 Å². The van der Waals surface area contributed by atoms with Crippen LogP contribution in [0.15, 0.2) is 89.9 Å². The number of nitrogens with one attached hydrogen (secondary N) is 1. The molecule has 0 aromatic heterocycles. The van der Waals surface area contributed by atoms with Gasteiger partial charge >= 0.3 is 0 Å². The number of hydrogen-bond donors (Lipinski definition) is 1. The van der Waals surface area contributed by atoms with Gasteiger partial charge in [-0.3, -0.25) is 9.79 Å². The number of carbonyl (C=O) groups is 1. The Morgan fingerprint density at radius 1 is 0.903 bits per heavy atom. The second-order valence-electron chi connectivity index (χ2n) is 7.43. The van der Waals surface area contributed by atoms with Crippen molar-refractivity contribution in [3.05, 3.63) is 102 Å². The van der Waals surface area contributed by atoms with Crippen molar-refractivity contribution >= 4 is 34.3 Å². The van der Waals surface area contributed by atoms with E-state index in [4.69, 9.17) is 4.74 Å². The van der Waals surface area contributed by atoms with E-state index in [-0.39, 0.29) is 12.5 Å². The van der Waals surface area contributed by atoms with Gasteiger partial charge < -0.3 is 10.1 Å². The van der Waals surface area contributed by atoms with Crippen LogP contribution in [0.25, 0.3) is 10.8 Å². The maximum Gasteiger partial charge on any atom is 0.262 e. The molecule has 31 heavy (non-hydrogen) atoms. The quantitative estimate of drug-likeness (QED) is 0.385. The third kappa shape index (κ3) is 4.98. The molecule has 4 aromatic rings. The lowest BCUT2D eigenvalue weighted by molar-refractivity contribution is -0.118. The highest BCUT2D eigenvalue weighted by atomic mass is 16.5. The fourth-order valence-corrected chi connectivity index (χ4v) is 3.34. The molecular formula is C27H24N2O2. The van der Waals surface area contributed by atoms with Crippen LogP contribution < -0.4 is 10.1 Å². The first kappa shape index (κ1) is 20.4. The van der Waals surface area contributed by atoms with Crippen LogP contribution in [0.5, 0.6) is 5.75 Å². The minimum absolute atomic E-state index is 0.0856. The van der Waals surface area contributed by atoms with Gasteiger partial charge in [0.15, 0.2) is 6.61 Å². The van der Waals surface area contributed by atoms with E-state index < -0.39 is 0 Å². The lowest BCUT2D eigenvalue weighted by Gasteiger charge is -2.12. The van der Waals surface area contributed by atoms with Gasteiger partial charge in [0.2, 0.25) is 0 Å². The summed E-state index contributed by atoms with van der Waals surface area (Å²) in [6.07, 6.45) is 1.82. The summed E-state index contributed by atoms with van der Waals surface area (Å²) in [5.41, 5.74) is 4.90. The molecule has 0 bridgehead atoms. The molecule has 0 aliphatic rings. The highest BCUT2D eigenvalue weighted by molar-refractivity contribution is 6.03. The summed E-state index contributed by atoms with van der Waals surface area (Å²) >= 11 is 0. The number of fused-ring (bicyclic) bond motifs is 1. The molecule has 0 unspecified atom stereocenters. The van der Waals surface area contributed by atoms with Gasteiger partial charge in [-0.25, -0.2) is 0 Å². The molecule has 0 aliphatic heterocycles. The number of hydrogen-bond acceptors (Lipinski definition) is 3. The third-order valence-electron chi connectivity index (χ3n) is 5.18. The molecule has 4 nitrogen and oxygen atoms in total. The van der Waals surface area contributed by atoms with Gasteiger partial charge in [0.25, 0.3) is 5.91 Å². The number of amides is 1. The van der Waals surface area contributed by atoms with E-state index in [1.807, 2.05) is 72.9 Å². The van der Waals surface area contributed by atoms with Crippen LogP contribution in [0.2, 0.25) is 0 Å². The number of anilines is 1. The normalized spacial score (nSPS) is 11.0. The molecule has 0 saturated heterocycles. The zero-order valence-electron chi connectivity index (χ0n) is 17.6. The van der Waals surface area contributed by atoms with E-state index >= 15 is 0 Å². The average molecular weight is 409 g/mol. The Balaban J connectivity index is 1.60. The largest absolute Gasteiger partial charge is 0.483 e. The van der Waals surface area contributed by atoms with Crippen molar-refractivity contribution in [3.8, 4) is 5.75 Å². The predicted octanol–water partition coefficient (Wildman–Crippen LogP) is 6.22. The summed E-state index contributed by atoms with van der Waals surface area (Å²) in [4.78, 5) is 17.0. The molecule has 0 saturated carbocycles. The Hall–Kier alpha value is -3.92. The fraction of sp³-hybridized carbons (Fsp3) is 0.111. The van der Waals surface area contributed by atoms with Gasteiger partial charge in [-0.1, -0.05) is 54.6 Å². The van der Waals surface area contributed by atoms with Crippen LogP contribution in [-0.4, -0.2) is 18.7 Å². The molecule has 4 heteroatoms. The molecular weight excluding hydrogens is 384 g/mol. The number of carbonyl (C=O) groups excluding carboxylic acids is 1. The fourth-order valence-electron chi connectivity index (χ4n) is 3.34. The van der Waals surface area contributed by atoms with E-state index in [0.717, 1.165) is 27.7 Å². The molecule has 0 fully saturated rings. The highest BCUT2D eigenvalue weighted by Crippen LogP contribution is 2.28. The van der Waals surface area contributed by atoms with Crippen molar-refractivity contribution in [2.45, 2.75) is 13.8 Å². The SMILES string of the molecule is Cc1ccc(N=Cc2c(OCC(=O)Nc3ccccc3)ccc3ccccc23)cc1C. The smallest absolute Gasteiger partial charge is 0.262 e. The lowest BCUT2D eigenvalue weighted by atomic mass is 10.0. The summed E-state index contributed by atoms with van der Waals surface area (Å²) in [6.45, 7) is 4.07. The minimum atomic E-state index is -0.212. The van der Waals surface area contributed by atoms with Crippen molar-refractivity contribution in [2.24, 2.45) is 4.99 Å². The van der Waals surface area contributed by atoms with Gasteiger partial charge in [0.1, 0.15) is 5.75 Å². The van der Waals surface area contributed by atoms with Gasteiger partial charge in [-0.05, 0) is 66.1 Å². The number of aliphatic imine (C=N–C) groups is 1. The van der Waals surface area contributed by atoms with Crippen LogP contribution in [-0.2, 0) is 4.79 Å². The molecule has 1 amide bonds. The Morgan fingerprint density at radius 2 is 1.68 bits per heavy atom.